The van der Waals surface area contributed by atoms with Gasteiger partial charge in [0.25, 0.3) is 0 Å². The number of hydrogen-bond acceptors (Lipinski definition) is 3. The van der Waals surface area contributed by atoms with Gasteiger partial charge < -0.3 is 5.32 Å². The molecule has 0 atom stereocenters. The Hall–Kier alpha value is -1.95. The van der Waals surface area contributed by atoms with Crippen LogP contribution in [-0.4, -0.2) is 17.1 Å². The van der Waals surface area contributed by atoms with Gasteiger partial charge in [0.1, 0.15) is 5.82 Å². The van der Waals surface area contributed by atoms with E-state index in [-0.39, 0.29) is 17.9 Å². The Balaban J connectivity index is 2.00. The van der Waals surface area contributed by atoms with Crippen LogP contribution >= 0.6 is 11.3 Å². The summed E-state index contributed by atoms with van der Waals surface area (Å²) < 4.78 is 12.9. The highest BCUT2D eigenvalue weighted by atomic mass is 32.1. The van der Waals surface area contributed by atoms with Gasteiger partial charge in [0.15, 0.2) is 5.13 Å². The average Bonchev–Trinajstić information content (AvgIpc) is 2.94. The maximum Gasteiger partial charge on any atom is 0.321 e. The molecule has 6 heteroatoms. The molecule has 0 radical (unpaired) electrons. The fourth-order valence-corrected chi connectivity index (χ4v) is 2.61. The fourth-order valence-electron chi connectivity index (χ4n) is 1.90. The van der Waals surface area contributed by atoms with E-state index in [9.17, 15) is 9.18 Å². The zero-order chi connectivity index (χ0) is 15.2. The van der Waals surface area contributed by atoms with Crippen molar-refractivity contribution >= 4 is 22.5 Å². The maximum absolute atomic E-state index is 12.9. The number of hydrogen-bond donors (Lipinski definition) is 2. The van der Waals surface area contributed by atoms with Crippen LogP contribution in [0.5, 0.6) is 0 Å². The summed E-state index contributed by atoms with van der Waals surface area (Å²) in [7, 11) is 0. The molecule has 21 heavy (non-hydrogen) atoms. The number of urea groups is 1. The monoisotopic (exact) mass is 307 g/mol. The zero-order valence-corrected chi connectivity index (χ0v) is 12.8. The van der Waals surface area contributed by atoms with Crippen molar-refractivity contribution in [3.63, 3.8) is 0 Å². The van der Waals surface area contributed by atoms with Crippen molar-refractivity contribution in [2.45, 2.75) is 32.7 Å². The van der Waals surface area contributed by atoms with Crippen LogP contribution < -0.4 is 10.6 Å². The Labute approximate surface area is 127 Å². The van der Waals surface area contributed by atoms with Crippen molar-refractivity contribution in [3.8, 4) is 11.3 Å². The number of nitrogens with one attached hydrogen (secondary N) is 2. The SMILES string of the molecule is CCC(CC)NC(=O)Nc1nc(-c2ccc(F)cc2)cs1. The molecule has 0 bridgehead atoms. The molecule has 0 spiro atoms. The highest BCUT2D eigenvalue weighted by Gasteiger charge is 2.11. The van der Waals surface area contributed by atoms with Gasteiger partial charge in [-0.25, -0.2) is 14.2 Å². The molecule has 0 aliphatic heterocycles. The Kier molecular flexibility index (Phi) is 5.27. The van der Waals surface area contributed by atoms with Gasteiger partial charge in [-0.3, -0.25) is 5.32 Å². The lowest BCUT2D eigenvalue weighted by Crippen LogP contribution is -2.37. The molecule has 2 rings (SSSR count). The number of aromatic nitrogens is 1. The predicted octanol–water partition coefficient (Wildman–Crippen LogP) is 4.26. The summed E-state index contributed by atoms with van der Waals surface area (Å²) >= 11 is 1.34. The van der Waals surface area contributed by atoms with E-state index in [0.29, 0.717) is 5.13 Å². The molecule has 1 aromatic carbocycles. The van der Waals surface area contributed by atoms with Crippen LogP contribution in [0.4, 0.5) is 14.3 Å². The summed E-state index contributed by atoms with van der Waals surface area (Å²) in [6.07, 6.45) is 1.78. The normalized spacial score (nSPS) is 10.7. The summed E-state index contributed by atoms with van der Waals surface area (Å²) in [5.74, 6) is -0.281. The van der Waals surface area contributed by atoms with Gasteiger partial charge >= 0.3 is 6.03 Å². The number of amides is 2. The summed E-state index contributed by atoms with van der Waals surface area (Å²) in [6, 6.07) is 6.03. The molecular weight excluding hydrogens is 289 g/mol. The van der Waals surface area contributed by atoms with E-state index in [1.54, 1.807) is 12.1 Å². The molecule has 2 amide bonds. The number of benzene rings is 1. The first-order chi connectivity index (χ1) is 10.1. The average molecular weight is 307 g/mol. The summed E-state index contributed by atoms with van der Waals surface area (Å²) in [4.78, 5) is 16.2. The van der Waals surface area contributed by atoms with Gasteiger partial charge in [-0.2, -0.15) is 0 Å². The van der Waals surface area contributed by atoms with Crippen molar-refractivity contribution in [2.75, 3.05) is 5.32 Å². The standard InChI is InChI=1S/C15H18FN3OS/c1-3-12(4-2)17-14(20)19-15-18-13(9-21-15)10-5-7-11(16)8-6-10/h5-9,12H,3-4H2,1-2H3,(H2,17,18,19,20). The van der Waals surface area contributed by atoms with Crippen molar-refractivity contribution in [1.29, 1.82) is 0 Å². The number of halogens is 1. The Morgan fingerprint density at radius 1 is 1.29 bits per heavy atom. The van der Waals surface area contributed by atoms with E-state index >= 15 is 0 Å². The molecular formula is C15H18FN3OS. The number of anilines is 1. The van der Waals surface area contributed by atoms with Crippen molar-refractivity contribution < 1.29 is 9.18 Å². The van der Waals surface area contributed by atoms with E-state index < -0.39 is 0 Å². The third kappa shape index (κ3) is 4.26. The molecule has 4 nitrogen and oxygen atoms in total. The van der Waals surface area contributed by atoms with Crippen molar-refractivity contribution in [1.82, 2.24) is 10.3 Å². The number of nitrogens with zero attached hydrogens (tertiary/aromatic N) is 1. The summed E-state index contributed by atoms with van der Waals surface area (Å²) in [6.45, 7) is 4.06. The fraction of sp³-hybridized carbons (Fsp3) is 0.333. The van der Waals surface area contributed by atoms with Gasteiger partial charge in [0.2, 0.25) is 0 Å². The lowest BCUT2D eigenvalue weighted by atomic mass is 10.2. The molecule has 1 heterocycles. The third-order valence-corrected chi connectivity index (χ3v) is 3.94. The lowest BCUT2D eigenvalue weighted by Gasteiger charge is -2.14. The second kappa shape index (κ2) is 7.17. The molecule has 0 saturated heterocycles. The van der Waals surface area contributed by atoms with Gasteiger partial charge in [-0.05, 0) is 37.1 Å². The summed E-state index contributed by atoms with van der Waals surface area (Å²) in [5, 5.41) is 7.97. The smallest absolute Gasteiger partial charge is 0.321 e. The molecule has 1 aromatic heterocycles. The molecule has 2 aromatic rings. The molecule has 0 aliphatic carbocycles. The quantitative estimate of drug-likeness (QED) is 0.867. The molecule has 112 valence electrons. The Morgan fingerprint density at radius 2 is 1.95 bits per heavy atom. The van der Waals surface area contributed by atoms with Crippen LogP contribution in [0.1, 0.15) is 26.7 Å². The second-order valence-electron chi connectivity index (χ2n) is 4.66. The molecule has 0 unspecified atom stereocenters. The van der Waals surface area contributed by atoms with Gasteiger partial charge in [0.05, 0.1) is 5.69 Å². The maximum atomic E-state index is 12.9. The number of thiazole rings is 1. The first-order valence-electron chi connectivity index (χ1n) is 6.91. The van der Waals surface area contributed by atoms with E-state index in [1.807, 2.05) is 19.2 Å². The molecule has 0 saturated carbocycles. The lowest BCUT2D eigenvalue weighted by molar-refractivity contribution is 0.247. The minimum absolute atomic E-state index is 0.168. The van der Waals surface area contributed by atoms with Gasteiger partial charge in [-0.15, -0.1) is 11.3 Å². The van der Waals surface area contributed by atoms with Crippen LogP contribution in [-0.2, 0) is 0 Å². The van der Waals surface area contributed by atoms with Crippen LogP contribution in [0.25, 0.3) is 11.3 Å². The van der Waals surface area contributed by atoms with Crippen LogP contribution in [0, 0.1) is 5.82 Å². The summed E-state index contributed by atoms with van der Waals surface area (Å²) in [5.41, 5.74) is 1.54. The zero-order valence-electron chi connectivity index (χ0n) is 12.0. The van der Waals surface area contributed by atoms with Crippen LogP contribution in [0.3, 0.4) is 0 Å². The number of carbonyl (C=O) groups is 1. The molecule has 2 N–H and O–H groups in total. The third-order valence-electron chi connectivity index (χ3n) is 3.19. The van der Waals surface area contributed by atoms with Crippen LogP contribution in [0.15, 0.2) is 29.6 Å². The topological polar surface area (TPSA) is 54.0 Å². The van der Waals surface area contributed by atoms with E-state index in [4.69, 9.17) is 0 Å². The van der Waals surface area contributed by atoms with E-state index in [2.05, 4.69) is 15.6 Å². The van der Waals surface area contributed by atoms with E-state index in [0.717, 1.165) is 24.1 Å². The van der Waals surface area contributed by atoms with Crippen LogP contribution in [0.2, 0.25) is 0 Å². The predicted molar refractivity (Wildman–Crippen MR) is 84.0 cm³/mol. The second-order valence-corrected chi connectivity index (χ2v) is 5.51. The largest absolute Gasteiger partial charge is 0.335 e. The highest BCUT2D eigenvalue weighted by Crippen LogP contribution is 2.24. The van der Waals surface area contributed by atoms with Crippen molar-refractivity contribution in [2.24, 2.45) is 0 Å². The first kappa shape index (κ1) is 15.4. The number of carbonyl (C=O) groups excluding carboxylic acids is 1. The van der Waals surface area contributed by atoms with Gasteiger partial charge in [-0.1, -0.05) is 13.8 Å². The Bertz CT molecular complexity index is 593. The molecule has 0 aliphatic rings. The number of rotatable bonds is 5. The minimum atomic E-state index is -0.281. The van der Waals surface area contributed by atoms with Gasteiger partial charge in [0, 0.05) is 17.0 Å². The Morgan fingerprint density at radius 3 is 2.57 bits per heavy atom. The first-order valence-corrected chi connectivity index (χ1v) is 7.79. The van der Waals surface area contributed by atoms with E-state index in [1.165, 1.54) is 23.5 Å². The minimum Gasteiger partial charge on any atom is -0.335 e. The highest BCUT2D eigenvalue weighted by molar-refractivity contribution is 7.14. The molecule has 0 fully saturated rings. The van der Waals surface area contributed by atoms with Crippen molar-refractivity contribution in [3.05, 3.63) is 35.5 Å².